The van der Waals surface area contributed by atoms with Crippen LogP contribution in [0.1, 0.15) is 13.3 Å². The van der Waals surface area contributed by atoms with Crippen LogP contribution in [0.5, 0.6) is 0 Å². The average molecular weight is 162 g/mol. The van der Waals surface area contributed by atoms with E-state index in [1.54, 1.807) is 0 Å². The van der Waals surface area contributed by atoms with Gasteiger partial charge in [-0.1, -0.05) is 0 Å². The van der Waals surface area contributed by atoms with Crippen LogP contribution >= 0.6 is 0 Å². The van der Waals surface area contributed by atoms with Gasteiger partial charge in [0.2, 0.25) is 0 Å². The number of hydrogen-bond acceptors (Lipinski definition) is 5. The molecule has 0 aromatic carbocycles. The van der Waals surface area contributed by atoms with Crippen LogP contribution in [0.3, 0.4) is 0 Å². The molecule has 0 fully saturated rings. The van der Waals surface area contributed by atoms with E-state index in [2.05, 4.69) is 4.74 Å². The quantitative estimate of drug-likeness (QED) is 0.403. The van der Waals surface area contributed by atoms with Gasteiger partial charge in [0.05, 0.1) is 12.5 Å². The van der Waals surface area contributed by atoms with Gasteiger partial charge in [-0.15, -0.1) is 0 Å². The second kappa shape index (κ2) is 4.81. The van der Waals surface area contributed by atoms with E-state index in [-0.39, 0.29) is 6.42 Å². The number of carbonyl (C=O) groups excluding carboxylic acids is 2. The van der Waals surface area contributed by atoms with Gasteiger partial charge in [-0.2, -0.15) is 0 Å². The second-order valence-corrected chi connectivity index (χ2v) is 2.06. The molecule has 11 heavy (non-hydrogen) atoms. The number of rotatable bonds is 3. The number of carbonyl (C=O) groups is 2. The third-order valence-electron chi connectivity index (χ3n) is 0.819. The van der Waals surface area contributed by atoms with Crippen LogP contribution in [0.25, 0.3) is 0 Å². The van der Waals surface area contributed by atoms with Crippen molar-refractivity contribution in [2.24, 2.45) is 0 Å². The maximum Gasteiger partial charge on any atom is 0.339 e. The number of hydrogen-bond donors (Lipinski definition) is 2. The van der Waals surface area contributed by atoms with E-state index in [1.165, 1.54) is 6.92 Å². The van der Waals surface area contributed by atoms with Crippen LogP contribution in [0.4, 0.5) is 0 Å². The molecule has 0 amide bonds. The van der Waals surface area contributed by atoms with Gasteiger partial charge >= 0.3 is 11.9 Å². The topological polar surface area (TPSA) is 83.8 Å². The van der Waals surface area contributed by atoms with Crippen molar-refractivity contribution in [3.8, 4) is 0 Å². The molecule has 0 aliphatic carbocycles. The van der Waals surface area contributed by atoms with Gasteiger partial charge in [0, 0.05) is 0 Å². The lowest BCUT2D eigenvalue weighted by Gasteiger charge is -2.01. The first-order valence-electron chi connectivity index (χ1n) is 3.08. The fraction of sp³-hybridized carbons (Fsp3) is 0.667. The Morgan fingerprint density at radius 2 is 2.00 bits per heavy atom. The minimum atomic E-state index is -1.00. The standard InChI is InChI=1S/C6H10O5/c1-4(8)2-5(9)11-6(10)3-7/h4,7-8H,2-3H2,1H3. The van der Waals surface area contributed by atoms with Crippen molar-refractivity contribution in [3.05, 3.63) is 0 Å². The Kier molecular flexibility index (Phi) is 4.40. The summed E-state index contributed by atoms with van der Waals surface area (Å²) in [6.45, 7) is 0.566. The van der Waals surface area contributed by atoms with Crippen molar-refractivity contribution in [3.63, 3.8) is 0 Å². The van der Waals surface area contributed by atoms with E-state index >= 15 is 0 Å². The van der Waals surface area contributed by atoms with Crippen molar-refractivity contribution < 1.29 is 24.5 Å². The molecule has 5 heteroatoms. The van der Waals surface area contributed by atoms with Crippen LogP contribution in [0, 0.1) is 0 Å². The summed E-state index contributed by atoms with van der Waals surface area (Å²) in [7, 11) is 0. The molecule has 0 aliphatic heterocycles. The Balaban J connectivity index is 3.61. The lowest BCUT2D eigenvalue weighted by Crippen LogP contribution is -2.18. The first kappa shape index (κ1) is 10.1. The van der Waals surface area contributed by atoms with E-state index in [4.69, 9.17) is 10.2 Å². The summed E-state index contributed by atoms with van der Waals surface area (Å²) in [5.41, 5.74) is 0. The molecule has 0 rings (SSSR count). The Labute approximate surface area is 63.6 Å². The molecule has 0 heterocycles. The van der Waals surface area contributed by atoms with Crippen molar-refractivity contribution in [2.45, 2.75) is 19.4 Å². The average Bonchev–Trinajstić information content (AvgIpc) is 1.85. The van der Waals surface area contributed by atoms with E-state index < -0.39 is 24.6 Å². The summed E-state index contributed by atoms with van der Waals surface area (Å²) in [6.07, 6.45) is -1.08. The Morgan fingerprint density at radius 3 is 2.36 bits per heavy atom. The lowest BCUT2D eigenvalue weighted by atomic mass is 10.3. The largest absolute Gasteiger partial charge is 0.393 e. The Bertz CT molecular complexity index is 151. The van der Waals surface area contributed by atoms with Gasteiger partial charge in [-0.3, -0.25) is 4.79 Å². The molecule has 0 radical (unpaired) electrons. The Hall–Kier alpha value is -0.940. The van der Waals surface area contributed by atoms with Gasteiger partial charge in [0.1, 0.15) is 6.61 Å². The molecule has 0 aromatic heterocycles. The lowest BCUT2D eigenvalue weighted by molar-refractivity contribution is -0.162. The molecule has 0 aromatic rings. The number of aliphatic hydroxyl groups is 2. The second-order valence-electron chi connectivity index (χ2n) is 2.06. The summed E-state index contributed by atoms with van der Waals surface area (Å²) < 4.78 is 4.02. The van der Waals surface area contributed by atoms with Crippen molar-refractivity contribution >= 4 is 11.9 Å². The van der Waals surface area contributed by atoms with Gasteiger partial charge in [0.15, 0.2) is 0 Å². The molecule has 1 atom stereocenters. The number of aliphatic hydroxyl groups excluding tert-OH is 2. The highest BCUT2D eigenvalue weighted by molar-refractivity contribution is 5.86. The molecule has 0 bridgehead atoms. The maximum absolute atomic E-state index is 10.5. The van der Waals surface area contributed by atoms with Crippen molar-refractivity contribution in [2.75, 3.05) is 6.61 Å². The van der Waals surface area contributed by atoms with E-state index in [9.17, 15) is 9.59 Å². The molecule has 0 saturated carbocycles. The van der Waals surface area contributed by atoms with E-state index in [0.29, 0.717) is 0 Å². The minimum Gasteiger partial charge on any atom is -0.393 e. The monoisotopic (exact) mass is 162 g/mol. The van der Waals surface area contributed by atoms with Crippen LogP contribution in [-0.2, 0) is 14.3 Å². The van der Waals surface area contributed by atoms with Gasteiger partial charge in [-0.05, 0) is 6.92 Å². The van der Waals surface area contributed by atoms with Crippen molar-refractivity contribution in [1.82, 2.24) is 0 Å². The zero-order valence-corrected chi connectivity index (χ0v) is 6.11. The molecule has 1 unspecified atom stereocenters. The predicted molar refractivity (Wildman–Crippen MR) is 34.5 cm³/mol. The maximum atomic E-state index is 10.5. The number of esters is 2. The highest BCUT2D eigenvalue weighted by Gasteiger charge is 2.11. The van der Waals surface area contributed by atoms with Crippen molar-refractivity contribution in [1.29, 1.82) is 0 Å². The van der Waals surface area contributed by atoms with E-state index in [0.717, 1.165) is 0 Å². The normalized spacial score (nSPS) is 12.3. The summed E-state index contributed by atoms with van der Waals surface area (Å²) in [5.74, 6) is -1.84. The smallest absolute Gasteiger partial charge is 0.339 e. The summed E-state index contributed by atoms with van der Waals surface area (Å²) in [4.78, 5) is 20.7. The van der Waals surface area contributed by atoms with Gasteiger partial charge < -0.3 is 14.9 Å². The highest BCUT2D eigenvalue weighted by atomic mass is 16.6. The van der Waals surface area contributed by atoms with E-state index in [1.807, 2.05) is 0 Å². The first-order valence-corrected chi connectivity index (χ1v) is 3.08. The molecule has 0 saturated heterocycles. The summed E-state index contributed by atoms with van der Waals surface area (Å²) in [6, 6.07) is 0. The van der Waals surface area contributed by atoms with Crippen LogP contribution in [0.2, 0.25) is 0 Å². The highest BCUT2D eigenvalue weighted by Crippen LogP contribution is 1.92. The molecule has 5 nitrogen and oxygen atoms in total. The summed E-state index contributed by atoms with van der Waals surface area (Å²) >= 11 is 0. The van der Waals surface area contributed by atoms with Crippen LogP contribution < -0.4 is 0 Å². The number of ether oxygens (including phenoxy) is 1. The molecular formula is C6H10O5. The SMILES string of the molecule is CC(O)CC(=O)OC(=O)CO. The fourth-order valence-electron chi connectivity index (χ4n) is 0.442. The molecule has 2 N–H and O–H groups in total. The first-order chi connectivity index (χ1) is 5.06. The zero-order chi connectivity index (χ0) is 8.85. The molecule has 0 spiro atoms. The van der Waals surface area contributed by atoms with Gasteiger partial charge in [-0.25, -0.2) is 4.79 Å². The van der Waals surface area contributed by atoms with Crippen LogP contribution in [-0.4, -0.2) is 34.9 Å². The fourth-order valence-corrected chi connectivity index (χ4v) is 0.442. The predicted octanol–water partition coefficient (Wildman–Crippen LogP) is -1.18. The zero-order valence-electron chi connectivity index (χ0n) is 6.11. The third kappa shape index (κ3) is 5.50. The van der Waals surface area contributed by atoms with Crippen LogP contribution in [0.15, 0.2) is 0 Å². The molecular weight excluding hydrogens is 152 g/mol. The molecule has 64 valence electrons. The van der Waals surface area contributed by atoms with Gasteiger partial charge in [0.25, 0.3) is 0 Å². The minimum absolute atomic E-state index is 0.244. The third-order valence-corrected chi connectivity index (χ3v) is 0.819. The Morgan fingerprint density at radius 1 is 1.45 bits per heavy atom. The molecule has 0 aliphatic rings. The summed E-state index contributed by atoms with van der Waals surface area (Å²) in [5, 5.41) is 16.8.